The van der Waals surface area contributed by atoms with Crippen molar-refractivity contribution in [1.82, 2.24) is 0 Å². The molecule has 25 heavy (non-hydrogen) atoms. The van der Waals surface area contributed by atoms with Gasteiger partial charge in [-0.05, 0) is 38.2 Å². The highest BCUT2D eigenvalue weighted by molar-refractivity contribution is 5.98. The molecule has 0 spiro atoms. The summed E-state index contributed by atoms with van der Waals surface area (Å²) in [5, 5.41) is 0. The van der Waals surface area contributed by atoms with Gasteiger partial charge in [0.15, 0.2) is 11.4 Å². The van der Waals surface area contributed by atoms with Crippen LogP contribution < -0.4 is 0 Å². The zero-order chi connectivity index (χ0) is 18.1. The van der Waals surface area contributed by atoms with Crippen molar-refractivity contribution in [2.75, 3.05) is 6.61 Å². The zero-order valence-corrected chi connectivity index (χ0v) is 15.0. The SMILES string of the molecule is C[C@@H]1C[C@H]2OC(=O)[C@@H](C)[C@H]2[C@H](OC(=O)[C@]2(C)CO2)[C@]2(C)C(=O)C=C[C@@H]12. The summed E-state index contributed by atoms with van der Waals surface area (Å²) in [6.45, 7) is 7.73. The van der Waals surface area contributed by atoms with Gasteiger partial charge in [-0.3, -0.25) is 9.59 Å². The second-order valence-corrected chi connectivity index (χ2v) is 8.43. The largest absolute Gasteiger partial charge is 0.462 e. The van der Waals surface area contributed by atoms with Gasteiger partial charge in [-0.25, -0.2) is 4.79 Å². The number of carbonyl (C=O) groups is 3. The topological polar surface area (TPSA) is 82.2 Å². The van der Waals surface area contributed by atoms with Crippen molar-refractivity contribution in [3.8, 4) is 0 Å². The smallest absolute Gasteiger partial charge is 0.340 e. The van der Waals surface area contributed by atoms with Crippen molar-refractivity contribution < 1.29 is 28.6 Å². The lowest BCUT2D eigenvalue weighted by Crippen LogP contribution is -2.51. The minimum Gasteiger partial charge on any atom is -0.462 e. The number of allylic oxidation sites excluding steroid dienone is 2. The van der Waals surface area contributed by atoms with E-state index in [0.717, 1.165) is 0 Å². The third kappa shape index (κ3) is 2.23. The Hall–Kier alpha value is -1.69. The van der Waals surface area contributed by atoms with Gasteiger partial charge in [0, 0.05) is 5.92 Å². The molecule has 4 aliphatic rings. The minimum absolute atomic E-state index is 0.0396. The van der Waals surface area contributed by atoms with Gasteiger partial charge in [-0.2, -0.15) is 0 Å². The number of epoxide rings is 1. The zero-order valence-electron chi connectivity index (χ0n) is 15.0. The molecule has 136 valence electrons. The van der Waals surface area contributed by atoms with Gasteiger partial charge < -0.3 is 14.2 Å². The van der Waals surface area contributed by atoms with Crippen LogP contribution in [-0.2, 0) is 28.6 Å². The Morgan fingerprint density at radius 3 is 2.60 bits per heavy atom. The first-order valence-electron chi connectivity index (χ1n) is 8.96. The number of esters is 2. The Balaban J connectivity index is 1.77. The van der Waals surface area contributed by atoms with Gasteiger partial charge in [0.1, 0.15) is 12.2 Å². The fourth-order valence-electron chi connectivity index (χ4n) is 4.90. The molecule has 6 heteroatoms. The molecule has 1 saturated carbocycles. The van der Waals surface area contributed by atoms with E-state index in [9.17, 15) is 14.4 Å². The minimum atomic E-state index is -0.930. The van der Waals surface area contributed by atoms with Crippen molar-refractivity contribution in [3.05, 3.63) is 12.2 Å². The van der Waals surface area contributed by atoms with E-state index in [1.165, 1.54) is 0 Å². The molecule has 8 atom stereocenters. The van der Waals surface area contributed by atoms with E-state index in [1.807, 2.05) is 13.0 Å². The summed E-state index contributed by atoms with van der Waals surface area (Å²) in [5.74, 6) is -1.41. The molecule has 0 aromatic rings. The fourth-order valence-corrected chi connectivity index (χ4v) is 4.90. The van der Waals surface area contributed by atoms with E-state index >= 15 is 0 Å². The van der Waals surface area contributed by atoms with E-state index in [-0.39, 0.29) is 35.6 Å². The first-order chi connectivity index (χ1) is 11.7. The number of ketones is 1. The average molecular weight is 348 g/mol. The number of carbonyl (C=O) groups excluding carboxylic acids is 3. The van der Waals surface area contributed by atoms with Crippen molar-refractivity contribution >= 4 is 17.7 Å². The Labute approximate surface area is 146 Å². The molecule has 2 heterocycles. The molecule has 4 rings (SSSR count). The van der Waals surface area contributed by atoms with Gasteiger partial charge in [0.2, 0.25) is 0 Å². The maximum Gasteiger partial charge on any atom is 0.340 e. The van der Waals surface area contributed by atoms with Crippen molar-refractivity contribution in [3.63, 3.8) is 0 Å². The molecule has 0 aromatic heterocycles. The first kappa shape index (κ1) is 16.8. The van der Waals surface area contributed by atoms with Crippen LogP contribution in [0.25, 0.3) is 0 Å². The molecule has 0 N–H and O–H groups in total. The lowest BCUT2D eigenvalue weighted by atomic mass is 9.66. The first-order valence-corrected chi connectivity index (χ1v) is 8.96. The average Bonchev–Trinajstić information content (AvgIpc) is 3.17. The molecule has 3 fully saturated rings. The molecule has 2 aliphatic carbocycles. The lowest BCUT2D eigenvalue weighted by Gasteiger charge is -2.40. The van der Waals surface area contributed by atoms with E-state index in [1.54, 1.807) is 19.9 Å². The monoisotopic (exact) mass is 348 g/mol. The Morgan fingerprint density at radius 1 is 1.28 bits per heavy atom. The normalized spacial score (nSPS) is 50.7. The summed E-state index contributed by atoms with van der Waals surface area (Å²) in [6.07, 6.45) is 3.16. The maximum atomic E-state index is 12.8. The molecule has 0 aromatic carbocycles. The fraction of sp³-hybridized carbons (Fsp3) is 0.737. The molecule has 0 amide bonds. The van der Waals surface area contributed by atoms with Crippen LogP contribution in [0.4, 0.5) is 0 Å². The van der Waals surface area contributed by atoms with Crippen LogP contribution in [0.15, 0.2) is 12.2 Å². The highest BCUT2D eigenvalue weighted by atomic mass is 16.6. The van der Waals surface area contributed by atoms with Crippen LogP contribution in [0.3, 0.4) is 0 Å². The van der Waals surface area contributed by atoms with Crippen LogP contribution in [0, 0.1) is 29.1 Å². The number of ether oxygens (including phenoxy) is 3. The second kappa shape index (κ2) is 5.16. The number of hydrogen-bond acceptors (Lipinski definition) is 6. The van der Waals surface area contributed by atoms with Crippen LogP contribution >= 0.6 is 0 Å². The molecular weight excluding hydrogens is 324 g/mol. The summed E-state index contributed by atoms with van der Waals surface area (Å²) in [5.41, 5.74) is -1.80. The lowest BCUT2D eigenvalue weighted by molar-refractivity contribution is -0.172. The Morgan fingerprint density at radius 2 is 1.96 bits per heavy atom. The Kier molecular flexibility index (Phi) is 3.46. The van der Waals surface area contributed by atoms with Crippen LogP contribution in [0.1, 0.15) is 34.1 Å². The highest BCUT2D eigenvalue weighted by Crippen LogP contribution is 2.54. The highest BCUT2D eigenvalue weighted by Gasteiger charge is 2.64. The van der Waals surface area contributed by atoms with E-state index in [2.05, 4.69) is 6.92 Å². The van der Waals surface area contributed by atoms with Crippen molar-refractivity contribution in [2.24, 2.45) is 29.1 Å². The van der Waals surface area contributed by atoms with Crippen molar-refractivity contribution in [1.29, 1.82) is 0 Å². The summed E-state index contributed by atoms with van der Waals surface area (Å²) in [6, 6.07) is 0. The van der Waals surface area contributed by atoms with E-state index in [4.69, 9.17) is 14.2 Å². The van der Waals surface area contributed by atoms with E-state index < -0.39 is 29.0 Å². The third-order valence-electron chi connectivity index (χ3n) is 6.73. The van der Waals surface area contributed by atoms with Crippen LogP contribution in [-0.4, -0.2) is 42.1 Å². The van der Waals surface area contributed by atoms with Gasteiger partial charge in [-0.15, -0.1) is 0 Å². The van der Waals surface area contributed by atoms with Crippen LogP contribution in [0.2, 0.25) is 0 Å². The third-order valence-corrected chi connectivity index (χ3v) is 6.73. The number of fused-ring (bicyclic) bond motifs is 2. The van der Waals surface area contributed by atoms with E-state index in [0.29, 0.717) is 13.0 Å². The van der Waals surface area contributed by atoms with Gasteiger partial charge in [0.25, 0.3) is 0 Å². The predicted octanol–water partition coefficient (Wildman–Crippen LogP) is 1.67. The summed E-state index contributed by atoms with van der Waals surface area (Å²) in [4.78, 5) is 37.6. The van der Waals surface area contributed by atoms with Crippen LogP contribution in [0.5, 0.6) is 0 Å². The van der Waals surface area contributed by atoms with Crippen molar-refractivity contribution in [2.45, 2.75) is 51.9 Å². The quantitative estimate of drug-likeness (QED) is 0.558. The molecule has 0 unspecified atom stereocenters. The molecular formula is C19H24O6. The second-order valence-electron chi connectivity index (χ2n) is 8.43. The summed E-state index contributed by atoms with van der Waals surface area (Å²) in [7, 11) is 0. The molecule has 0 radical (unpaired) electrons. The predicted molar refractivity (Wildman–Crippen MR) is 86.3 cm³/mol. The van der Waals surface area contributed by atoms with Gasteiger partial charge in [-0.1, -0.05) is 19.9 Å². The van der Waals surface area contributed by atoms with Gasteiger partial charge >= 0.3 is 11.9 Å². The molecule has 6 nitrogen and oxygen atoms in total. The van der Waals surface area contributed by atoms with Gasteiger partial charge in [0.05, 0.1) is 17.9 Å². The maximum absolute atomic E-state index is 12.8. The number of hydrogen-bond donors (Lipinski definition) is 0. The Bertz CT molecular complexity index is 677. The molecule has 2 saturated heterocycles. The number of rotatable bonds is 2. The molecule has 2 aliphatic heterocycles. The summed E-state index contributed by atoms with van der Waals surface area (Å²) >= 11 is 0. The molecule has 0 bridgehead atoms. The standard InChI is InChI=1S/C19H24O6/c1-9-7-12-14(10(2)16(21)24-12)15(25-17(22)18(3)8-23-18)19(4)11(9)5-6-13(19)20/h5-6,9-12,14-15H,7-8H2,1-4H3/t9-,10+,11+,12-,14-,15+,18+,19+/m1/s1. The summed E-state index contributed by atoms with van der Waals surface area (Å²) < 4.78 is 16.7.